The first-order valence-electron chi connectivity index (χ1n) is 5.02. The second kappa shape index (κ2) is 3.59. The Hall–Kier alpha value is -1.91. The molecule has 1 aromatic carbocycles. The third-order valence-electron chi connectivity index (χ3n) is 2.54. The maximum absolute atomic E-state index is 11.0. The summed E-state index contributed by atoms with van der Waals surface area (Å²) in [7, 11) is 0. The van der Waals surface area contributed by atoms with Gasteiger partial charge >= 0.3 is 5.97 Å². The molecule has 0 aliphatic carbocycles. The molecule has 0 saturated carbocycles. The third-order valence-corrected chi connectivity index (χ3v) is 2.54. The first-order chi connectivity index (χ1) is 7.50. The van der Waals surface area contributed by atoms with Crippen LogP contribution in [-0.4, -0.2) is 26.1 Å². The SMILES string of the molecule is CC(C)(Cn1nnc2ccccc21)C(=O)O. The first-order valence-corrected chi connectivity index (χ1v) is 5.02. The lowest BCUT2D eigenvalue weighted by molar-refractivity contribution is -0.147. The molecule has 0 aliphatic heterocycles. The van der Waals surface area contributed by atoms with Gasteiger partial charge in [0.25, 0.3) is 0 Å². The van der Waals surface area contributed by atoms with E-state index >= 15 is 0 Å². The molecule has 0 fully saturated rings. The average molecular weight is 219 g/mol. The minimum absolute atomic E-state index is 0.308. The molecule has 1 aromatic heterocycles. The van der Waals surface area contributed by atoms with Gasteiger partial charge in [-0.2, -0.15) is 0 Å². The molecule has 2 rings (SSSR count). The molecule has 5 heteroatoms. The van der Waals surface area contributed by atoms with Crippen molar-refractivity contribution in [2.75, 3.05) is 0 Å². The van der Waals surface area contributed by atoms with E-state index in [-0.39, 0.29) is 0 Å². The molecule has 0 spiro atoms. The fourth-order valence-electron chi connectivity index (χ4n) is 1.48. The number of aliphatic carboxylic acids is 1. The van der Waals surface area contributed by atoms with E-state index in [0.717, 1.165) is 11.0 Å². The summed E-state index contributed by atoms with van der Waals surface area (Å²) in [6.07, 6.45) is 0. The molecule has 84 valence electrons. The Balaban J connectivity index is 2.38. The predicted molar refractivity (Wildman–Crippen MR) is 58.9 cm³/mol. The van der Waals surface area contributed by atoms with Crippen LogP contribution in [0, 0.1) is 5.41 Å². The number of rotatable bonds is 3. The van der Waals surface area contributed by atoms with Gasteiger partial charge in [0, 0.05) is 0 Å². The Morgan fingerprint density at radius 2 is 2.12 bits per heavy atom. The number of hydrogen-bond acceptors (Lipinski definition) is 3. The summed E-state index contributed by atoms with van der Waals surface area (Å²) in [4.78, 5) is 11.0. The molecule has 5 nitrogen and oxygen atoms in total. The fourth-order valence-corrected chi connectivity index (χ4v) is 1.48. The van der Waals surface area contributed by atoms with Gasteiger partial charge in [0.1, 0.15) is 5.52 Å². The van der Waals surface area contributed by atoms with Gasteiger partial charge in [-0.05, 0) is 26.0 Å². The quantitative estimate of drug-likeness (QED) is 0.850. The number of hydrogen-bond donors (Lipinski definition) is 1. The lowest BCUT2D eigenvalue weighted by Crippen LogP contribution is -2.29. The van der Waals surface area contributed by atoms with Gasteiger partial charge in [-0.25, -0.2) is 4.68 Å². The van der Waals surface area contributed by atoms with E-state index < -0.39 is 11.4 Å². The lowest BCUT2D eigenvalue weighted by atomic mass is 9.94. The standard InChI is InChI=1S/C11H13N3O2/c1-11(2,10(15)16)7-14-9-6-4-3-5-8(9)12-13-14/h3-6H,7H2,1-2H3,(H,15,16). The molecule has 16 heavy (non-hydrogen) atoms. The number of nitrogens with zero attached hydrogens (tertiary/aromatic N) is 3. The van der Waals surface area contributed by atoms with Crippen molar-refractivity contribution in [2.45, 2.75) is 20.4 Å². The molecule has 0 amide bonds. The van der Waals surface area contributed by atoms with E-state index in [2.05, 4.69) is 10.3 Å². The Morgan fingerprint density at radius 3 is 2.81 bits per heavy atom. The number of carboxylic acids is 1. The molecular weight excluding hydrogens is 206 g/mol. The zero-order valence-electron chi connectivity index (χ0n) is 9.21. The van der Waals surface area contributed by atoms with Crippen LogP contribution in [0.25, 0.3) is 11.0 Å². The zero-order valence-corrected chi connectivity index (χ0v) is 9.21. The van der Waals surface area contributed by atoms with Crippen LogP contribution in [0.4, 0.5) is 0 Å². The largest absolute Gasteiger partial charge is 0.481 e. The van der Waals surface area contributed by atoms with Crippen LogP contribution >= 0.6 is 0 Å². The van der Waals surface area contributed by atoms with Crippen LogP contribution < -0.4 is 0 Å². The number of carbonyl (C=O) groups is 1. The summed E-state index contributed by atoms with van der Waals surface area (Å²) in [6.45, 7) is 3.65. The number of aromatic nitrogens is 3. The minimum atomic E-state index is -0.851. The second-order valence-electron chi connectivity index (χ2n) is 4.42. The third kappa shape index (κ3) is 1.76. The van der Waals surface area contributed by atoms with Gasteiger partial charge in [-0.3, -0.25) is 4.79 Å². The van der Waals surface area contributed by atoms with E-state index in [1.54, 1.807) is 18.5 Å². The Labute approximate surface area is 92.7 Å². The predicted octanol–water partition coefficient (Wildman–Crippen LogP) is 1.54. The van der Waals surface area contributed by atoms with Gasteiger partial charge in [0.05, 0.1) is 17.5 Å². The molecule has 2 aromatic rings. The number of para-hydroxylation sites is 1. The summed E-state index contributed by atoms with van der Waals surface area (Å²) in [5.41, 5.74) is 0.789. The average Bonchev–Trinajstić information content (AvgIpc) is 2.61. The smallest absolute Gasteiger partial charge is 0.310 e. The second-order valence-corrected chi connectivity index (χ2v) is 4.42. The molecule has 0 atom stereocenters. The maximum Gasteiger partial charge on any atom is 0.310 e. The Bertz CT molecular complexity index is 531. The summed E-state index contributed by atoms with van der Waals surface area (Å²) >= 11 is 0. The minimum Gasteiger partial charge on any atom is -0.481 e. The number of fused-ring (bicyclic) bond motifs is 1. The highest BCUT2D eigenvalue weighted by atomic mass is 16.4. The monoisotopic (exact) mass is 219 g/mol. The molecule has 0 bridgehead atoms. The molecular formula is C11H13N3O2. The zero-order chi connectivity index (χ0) is 11.8. The molecule has 0 saturated heterocycles. The maximum atomic E-state index is 11.0. The summed E-state index contributed by atoms with van der Waals surface area (Å²) in [5, 5.41) is 17.0. The molecule has 1 N–H and O–H groups in total. The van der Waals surface area contributed by atoms with E-state index in [4.69, 9.17) is 5.11 Å². The summed E-state index contributed by atoms with van der Waals surface area (Å²) in [6, 6.07) is 7.50. The van der Waals surface area contributed by atoms with Crippen LogP contribution in [0.2, 0.25) is 0 Å². The molecule has 0 radical (unpaired) electrons. The van der Waals surface area contributed by atoms with Gasteiger partial charge in [0.15, 0.2) is 0 Å². The lowest BCUT2D eigenvalue weighted by Gasteiger charge is -2.18. The van der Waals surface area contributed by atoms with Crippen molar-refractivity contribution in [3.8, 4) is 0 Å². The van der Waals surface area contributed by atoms with Crippen molar-refractivity contribution < 1.29 is 9.90 Å². The van der Waals surface area contributed by atoms with Crippen molar-refractivity contribution in [1.82, 2.24) is 15.0 Å². The van der Waals surface area contributed by atoms with Crippen molar-refractivity contribution >= 4 is 17.0 Å². The van der Waals surface area contributed by atoms with E-state index in [9.17, 15) is 4.79 Å². The van der Waals surface area contributed by atoms with E-state index in [0.29, 0.717) is 6.54 Å². The highest BCUT2D eigenvalue weighted by molar-refractivity contribution is 5.76. The highest BCUT2D eigenvalue weighted by Gasteiger charge is 2.28. The van der Waals surface area contributed by atoms with Crippen molar-refractivity contribution in [3.63, 3.8) is 0 Å². The van der Waals surface area contributed by atoms with Crippen LogP contribution in [0.3, 0.4) is 0 Å². The van der Waals surface area contributed by atoms with E-state index in [1.165, 1.54) is 0 Å². The highest BCUT2D eigenvalue weighted by Crippen LogP contribution is 2.20. The van der Waals surface area contributed by atoms with Crippen LogP contribution in [0.5, 0.6) is 0 Å². The van der Waals surface area contributed by atoms with Crippen molar-refractivity contribution in [2.24, 2.45) is 5.41 Å². The molecule has 1 heterocycles. The Morgan fingerprint density at radius 1 is 1.44 bits per heavy atom. The number of carboxylic acid groups (broad SMARTS) is 1. The summed E-state index contributed by atoms with van der Waals surface area (Å²) < 4.78 is 1.63. The molecule has 0 unspecified atom stereocenters. The normalized spacial score (nSPS) is 11.9. The van der Waals surface area contributed by atoms with Crippen LogP contribution in [0.1, 0.15) is 13.8 Å². The Kier molecular flexibility index (Phi) is 2.38. The van der Waals surface area contributed by atoms with Crippen LogP contribution in [0.15, 0.2) is 24.3 Å². The van der Waals surface area contributed by atoms with Gasteiger partial charge in [0.2, 0.25) is 0 Å². The fraction of sp³-hybridized carbons (Fsp3) is 0.364. The van der Waals surface area contributed by atoms with Gasteiger partial charge < -0.3 is 5.11 Å². The molecule has 0 aliphatic rings. The van der Waals surface area contributed by atoms with Crippen molar-refractivity contribution in [1.29, 1.82) is 0 Å². The van der Waals surface area contributed by atoms with Crippen LogP contribution in [-0.2, 0) is 11.3 Å². The number of benzene rings is 1. The first kappa shape index (κ1) is 10.6. The van der Waals surface area contributed by atoms with Gasteiger partial charge in [-0.1, -0.05) is 17.3 Å². The summed E-state index contributed by atoms with van der Waals surface area (Å²) in [5.74, 6) is -0.841. The van der Waals surface area contributed by atoms with E-state index in [1.807, 2.05) is 24.3 Å². The van der Waals surface area contributed by atoms with Crippen molar-refractivity contribution in [3.05, 3.63) is 24.3 Å². The van der Waals surface area contributed by atoms with Gasteiger partial charge in [-0.15, -0.1) is 5.10 Å². The topological polar surface area (TPSA) is 68.0 Å².